The van der Waals surface area contributed by atoms with Crippen molar-refractivity contribution in [2.45, 2.75) is 76.5 Å². The number of fused-ring (bicyclic) bond motifs is 1. The van der Waals surface area contributed by atoms with Crippen LogP contribution in [0.2, 0.25) is 0 Å². The van der Waals surface area contributed by atoms with Crippen LogP contribution in [0.15, 0.2) is 35.6 Å². The molecule has 174 valence electrons. The molecule has 3 rings (SSSR count). The van der Waals surface area contributed by atoms with Crippen LogP contribution in [0.1, 0.15) is 57.9 Å². The first-order chi connectivity index (χ1) is 14.6. The SMILES string of the molecule is CCC[C@@H]1CC(OS(=O)(=O)C(F)(F)F)=C2[C@H](C)CCC[C@H]2N1Cc1ccc(OC)cc1. The fourth-order valence-electron chi connectivity index (χ4n) is 4.81. The Hall–Kier alpha value is -1.74. The minimum Gasteiger partial charge on any atom is -0.497 e. The molecule has 31 heavy (non-hydrogen) atoms. The third kappa shape index (κ3) is 5.19. The molecule has 0 aromatic heterocycles. The van der Waals surface area contributed by atoms with E-state index >= 15 is 0 Å². The maximum Gasteiger partial charge on any atom is 0.534 e. The number of hydrogen-bond donors (Lipinski definition) is 0. The van der Waals surface area contributed by atoms with Gasteiger partial charge < -0.3 is 8.92 Å². The highest BCUT2D eigenvalue weighted by Gasteiger charge is 2.50. The van der Waals surface area contributed by atoms with Crippen molar-refractivity contribution in [3.63, 3.8) is 0 Å². The summed E-state index contributed by atoms with van der Waals surface area (Å²) >= 11 is 0. The zero-order valence-corrected chi connectivity index (χ0v) is 18.9. The van der Waals surface area contributed by atoms with Gasteiger partial charge in [0.25, 0.3) is 0 Å². The van der Waals surface area contributed by atoms with Crippen LogP contribution in [0.4, 0.5) is 13.2 Å². The van der Waals surface area contributed by atoms with Crippen LogP contribution in [-0.4, -0.2) is 38.0 Å². The van der Waals surface area contributed by atoms with Crippen LogP contribution in [0.5, 0.6) is 5.75 Å². The molecule has 1 fully saturated rings. The zero-order valence-electron chi connectivity index (χ0n) is 18.1. The van der Waals surface area contributed by atoms with Crippen molar-refractivity contribution >= 4 is 10.1 Å². The van der Waals surface area contributed by atoms with E-state index in [2.05, 4.69) is 4.90 Å². The smallest absolute Gasteiger partial charge is 0.497 e. The van der Waals surface area contributed by atoms with E-state index in [-0.39, 0.29) is 30.2 Å². The Kier molecular flexibility index (Phi) is 7.25. The lowest BCUT2D eigenvalue weighted by Gasteiger charge is -2.47. The van der Waals surface area contributed by atoms with Gasteiger partial charge in [-0.1, -0.05) is 38.8 Å². The zero-order chi connectivity index (χ0) is 22.8. The van der Waals surface area contributed by atoms with Crippen LogP contribution < -0.4 is 4.74 Å². The van der Waals surface area contributed by atoms with Crippen molar-refractivity contribution in [1.82, 2.24) is 4.90 Å². The molecular weight excluding hydrogens is 431 g/mol. The fourth-order valence-corrected chi connectivity index (χ4v) is 5.33. The number of benzene rings is 1. The predicted octanol–water partition coefficient (Wildman–Crippen LogP) is 5.38. The van der Waals surface area contributed by atoms with Gasteiger partial charge in [0.2, 0.25) is 0 Å². The van der Waals surface area contributed by atoms with Crippen LogP contribution >= 0.6 is 0 Å². The normalized spacial score (nSPS) is 25.3. The van der Waals surface area contributed by atoms with Gasteiger partial charge in [-0.25, -0.2) is 0 Å². The van der Waals surface area contributed by atoms with Gasteiger partial charge >= 0.3 is 15.6 Å². The van der Waals surface area contributed by atoms with Crippen molar-refractivity contribution in [2.24, 2.45) is 5.92 Å². The van der Waals surface area contributed by atoms with E-state index in [4.69, 9.17) is 8.92 Å². The Balaban J connectivity index is 1.98. The Morgan fingerprint density at radius 2 is 1.84 bits per heavy atom. The Morgan fingerprint density at radius 1 is 1.16 bits per heavy atom. The summed E-state index contributed by atoms with van der Waals surface area (Å²) in [5.74, 6) is 0.726. The van der Waals surface area contributed by atoms with Gasteiger partial charge in [-0.15, -0.1) is 0 Å². The summed E-state index contributed by atoms with van der Waals surface area (Å²) in [6, 6.07) is 7.52. The maximum atomic E-state index is 13.0. The van der Waals surface area contributed by atoms with E-state index < -0.39 is 15.6 Å². The first-order valence-corrected chi connectivity index (χ1v) is 12.1. The average Bonchev–Trinajstić information content (AvgIpc) is 2.70. The molecule has 2 aliphatic rings. The predicted molar refractivity (Wildman–Crippen MR) is 112 cm³/mol. The van der Waals surface area contributed by atoms with Crippen molar-refractivity contribution < 1.29 is 30.5 Å². The van der Waals surface area contributed by atoms with Crippen molar-refractivity contribution in [1.29, 1.82) is 0 Å². The highest BCUT2D eigenvalue weighted by molar-refractivity contribution is 7.87. The number of hydrogen-bond acceptors (Lipinski definition) is 5. The summed E-state index contributed by atoms with van der Waals surface area (Å²) in [6.07, 6.45) is 4.25. The molecule has 0 bridgehead atoms. The van der Waals surface area contributed by atoms with Gasteiger partial charge in [0.15, 0.2) is 0 Å². The molecular formula is C22H30F3NO4S. The Morgan fingerprint density at radius 3 is 2.42 bits per heavy atom. The van der Waals surface area contributed by atoms with E-state index in [9.17, 15) is 21.6 Å². The van der Waals surface area contributed by atoms with E-state index in [0.29, 0.717) is 12.1 Å². The highest BCUT2D eigenvalue weighted by Crippen LogP contribution is 2.44. The van der Waals surface area contributed by atoms with Crippen molar-refractivity contribution in [2.75, 3.05) is 7.11 Å². The van der Waals surface area contributed by atoms with Gasteiger partial charge in [-0.3, -0.25) is 4.90 Å². The largest absolute Gasteiger partial charge is 0.534 e. The standard InChI is InChI=1S/C22H30F3NO4S/c1-4-6-17-13-20(30-31(27,28)22(23,24)25)21-15(2)7-5-8-19(21)26(17)14-16-9-11-18(29-3)12-10-16/h9-12,15,17,19H,4-8,13-14H2,1-3H3/t15-,17-,19-/m1/s1. The van der Waals surface area contributed by atoms with Crippen LogP contribution in [0.25, 0.3) is 0 Å². The number of methoxy groups -OCH3 is 1. The first kappa shape index (κ1) is 23.9. The number of nitrogens with zero attached hydrogens (tertiary/aromatic N) is 1. The van der Waals surface area contributed by atoms with Gasteiger partial charge in [-0.05, 0) is 48.4 Å². The second-order valence-electron chi connectivity index (χ2n) is 8.38. The first-order valence-electron chi connectivity index (χ1n) is 10.7. The lowest BCUT2D eigenvalue weighted by Crippen LogP contribution is -2.50. The average molecular weight is 462 g/mol. The molecule has 0 amide bonds. The molecule has 1 aromatic carbocycles. The third-order valence-electron chi connectivity index (χ3n) is 6.26. The van der Waals surface area contributed by atoms with Crippen LogP contribution in [-0.2, 0) is 20.8 Å². The van der Waals surface area contributed by atoms with Gasteiger partial charge in [-0.2, -0.15) is 21.6 Å². The molecule has 3 atom stereocenters. The van der Waals surface area contributed by atoms with Crippen molar-refractivity contribution in [3.8, 4) is 5.75 Å². The molecule has 1 aliphatic carbocycles. The van der Waals surface area contributed by atoms with Crippen LogP contribution in [0, 0.1) is 5.92 Å². The molecule has 1 saturated carbocycles. The molecule has 9 heteroatoms. The van der Waals surface area contributed by atoms with Gasteiger partial charge in [0, 0.05) is 25.0 Å². The second-order valence-corrected chi connectivity index (χ2v) is 9.91. The molecule has 0 spiro atoms. The topological polar surface area (TPSA) is 55.8 Å². The minimum atomic E-state index is -5.68. The quantitative estimate of drug-likeness (QED) is 0.403. The minimum absolute atomic E-state index is 0.000967. The lowest BCUT2D eigenvalue weighted by atomic mass is 9.76. The Labute approximate surface area is 182 Å². The third-order valence-corrected chi connectivity index (χ3v) is 7.24. The molecule has 1 aromatic rings. The van der Waals surface area contributed by atoms with Crippen molar-refractivity contribution in [3.05, 3.63) is 41.2 Å². The molecule has 5 nitrogen and oxygen atoms in total. The summed E-state index contributed by atoms with van der Waals surface area (Å²) in [7, 11) is -4.08. The maximum absolute atomic E-state index is 13.0. The van der Waals surface area contributed by atoms with E-state index in [1.165, 1.54) is 0 Å². The molecule has 0 radical (unpaired) electrons. The van der Waals surface area contributed by atoms with E-state index in [0.717, 1.165) is 43.4 Å². The summed E-state index contributed by atoms with van der Waals surface area (Å²) in [5.41, 5.74) is -3.65. The molecule has 0 saturated heterocycles. The fraction of sp³-hybridized carbons (Fsp3) is 0.636. The van der Waals surface area contributed by atoms with E-state index in [1.807, 2.05) is 38.1 Å². The highest BCUT2D eigenvalue weighted by atomic mass is 32.2. The summed E-state index contributed by atoms with van der Waals surface area (Å²) < 4.78 is 72.7. The summed E-state index contributed by atoms with van der Waals surface area (Å²) in [5, 5.41) is 0. The molecule has 0 N–H and O–H groups in total. The molecule has 1 aliphatic heterocycles. The summed E-state index contributed by atoms with van der Waals surface area (Å²) in [4.78, 5) is 2.32. The monoisotopic (exact) mass is 461 g/mol. The molecule has 1 heterocycles. The van der Waals surface area contributed by atoms with Gasteiger partial charge in [0.1, 0.15) is 11.5 Å². The number of alkyl halides is 3. The van der Waals surface area contributed by atoms with E-state index in [1.54, 1.807) is 7.11 Å². The second kappa shape index (κ2) is 9.40. The number of halogens is 3. The number of ether oxygens (including phenoxy) is 1. The Bertz CT molecular complexity index is 896. The van der Waals surface area contributed by atoms with Crippen LogP contribution in [0.3, 0.4) is 0 Å². The summed E-state index contributed by atoms with van der Waals surface area (Å²) in [6.45, 7) is 4.59. The van der Waals surface area contributed by atoms with Gasteiger partial charge in [0.05, 0.1) is 7.11 Å². The number of rotatable bonds is 7. The molecule has 0 unspecified atom stereocenters. The lowest BCUT2D eigenvalue weighted by molar-refractivity contribution is -0.0532.